The van der Waals surface area contributed by atoms with Gasteiger partial charge in [-0.1, -0.05) is 17.7 Å². The Hall–Kier alpha value is -2.18. The van der Waals surface area contributed by atoms with E-state index in [-0.39, 0.29) is 23.8 Å². The van der Waals surface area contributed by atoms with E-state index in [0.29, 0.717) is 36.9 Å². The van der Waals surface area contributed by atoms with Crippen LogP contribution in [0.25, 0.3) is 10.9 Å². The van der Waals surface area contributed by atoms with Crippen LogP contribution in [-0.2, 0) is 9.53 Å². The van der Waals surface area contributed by atoms with Crippen LogP contribution in [0.2, 0.25) is 5.02 Å². The van der Waals surface area contributed by atoms with Crippen LogP contribution in [0.1, 0.15) is 10.4 Å². The zero-order valence-electron chi connectivity index (χ0n) is 13.8. The van der Waals surface area contributed by atoms with E-state index in [0.717, 1.165) is 10.9 Å². The van der Waals surface area contributed by atoms with Crippen LogP contribution in [0.5, 0.6) is 0 Å². The Morgan fingerprint density at radius 1 is 1.28 bits per heavy atom. The van der Waals surface area contributed by atoms with Gasteiger partial charge in [-0.15, -0.1) is 0 Å². The predicted octanol–water partition coefficient (Wildman–Crippen LogP) is 1.82. The smallest absolute Gasteiger partial charge is 0.256 e. The Bertz CT molecular complexity index is 857. The van der Waals surface area contributed by atoms with Gasteiger partial charge in [0.15, 0.2) is 0 Å². The second kappa shape index (κ2) is 6.28. The Morgan fingerprint density at radius 3 is 2.96 bits per heavy atom. The first-order chi connectivity index (χ1) is 12.1. The van der Waals surface area contributed by atoms with Gasteiger partial charge in [-0.2, -0.15) is 0 Å². The molecule has 0 unspecified atom stereocenters. The fourth-order valence-corrected chi connectivity index (χ4v) is 3.81. The molecule has 2 aliphatic rings. The first kappa shape index (κ1) is 16.3. The fraction of sp³-hybridized carbons (Fsp3) is 0.389. The molecule has 2 saturated heterocycles. The summed E-state index contributed by atoms with van der Waals surface area (Å²) in [6.07, 6.45) is 1.69. The number of pyridine rings is 1. The summed E-state index contributed by atoms with van der Waals surface area (Å²) >= 11 is 6.36. The molecule has 0 radical (unpaired) electrons. The number of amides is 2. The Kier molecular flexibility index (Phi) is 4.09. The van der Waals surface area contributed by atoms with Crippen LogP contribution < -0.4 is 0 Å². The highest BCUT2D eigenvalue weighted by Crippen LogP contribution is 2.28. The third kappa shape index (κ3) is 2.75. The lowest BCUT2D eigenvalue weighted by atomic mass is 10.1. The standard InChI is InChI=1S/C18H18ClN3O3/c1-21-12-8-22(7-11(17(21)23)9-25-10-12)18(24)16-13-3-2-6-20-15(13)5-4-14(16)19/h2-6,11-12H,7-10H2,1H3/t11-,12+/m1/s1. The number of nitrogens with zero attached hydrogens (tertiary/aromatic N) is 3. The zero-order valence-corrected chi connectivity index (χ0v) is 14.6. The summed E-state index contributed by atoms with van der Waals surface area (Å²) in [5.41, 5.74) is 1.17. The molecular weight excluding hydrogens is 342 g/mol. The number of likely N-dealkylation sites (N-methyl/N-ethyl adjacent to an activating group) is 1. The number of hydrogen-bond donors (Lipinski definition) is 0. The largest absolute Gasteiger partial charge is 0.378 e. The van der Waals surface area contributed by atoms with Gasteiger partial charge >= 0.3 is 0 Å². The van der Waals surface area contributed by atoms with Gasteiger partial charge in [0.05, 0.1) is 41.3 Å². The average Bonchev–Trinajstić information content (AvgIpc) is 2.79. The van der Waals surface area contributed by atoms with E-state index in [4.69, 9.17) is 16.3 Å². The molecule has 0 spiro atoms. The quantitative estimate of drug-likeness (QED) is 0.779. The van der Waals surface area contributed by atoms with Crippen LogP contribution in [0.3, 0.4) is 0 Å². The molecule has 0 N–H and O–H groups in total. The molecule has 2 aromatic rings. The van der Waals surface area contributed by atoms with Crippen LogP contribution in [0, 0.1) is 5.92 Å². The molecule has 2 aliphatic heterocycles. The molecule has 1 aromatic heterocycles. The van der Waals surface area contributed by atoms with Crippen molar-refractivity contribution in [3.05, 3.63) is 41.0 Å². The first-order valence-corrected chi connectivity index (χ1v) is 8.61. The minimum atomic E-state index is -0.340. The summed E-state index contributed by atoms with van der Waals surface area (Å²) in [7, 11) is 1.78. The third-order valence-corrected chi connectivity index (χ3v) is 5.30. The molecule has 0 aliphatic carbocycles. The van der Waals surface area contributed by atoms with E-state index in [1.54, 1.807) is 41.2 Å². The van der Waals surface area contributed by atoms with E-state index in [1.165, 1.54) is 0 Å². The van der Waals surface area contributed by atoms with Crippen molar-refractivity contribution < 1.29 is 14.3 Å². The molecule has 25 heavy (non-hydrogen) atoms. The van der Waals surface area contributed by atoms with Crippen molar-refractivity contribution in [3.8, 4) is 0 Å². The van der Waals surface area contributed by atoms with Gasteiger partial charge in [-0.05, 0) is 18.2 Å². The molecule has 4 rings (SSSR count). The molecule has 1 aromatic carbocycles. The molecule has 2 bridgehead atoms. The third-order valence-electron chi connectivity index (χ3n) is 4.98. The molecule has 2 amide bonds. The maximum Gasteiger partial charge on any atom is 0.256 e. The average molecular weight is 360 g/mol. The van der Waals surface area contributed by atoms with Crippen LogP contribution in [-0.4, -0.2) is 66.0 Å². The Labute approximate surface area is 150 Å². The summed E-state index contributed by atoms with van der Waals surface area (Å²) < 4.78 is 5.59. The van der Waals surface area contributed by atoms with Gasteiger partial charge in [0, 0.05) is 31.7 Å². The normalized spacial score (nSPS) is 23.7. The number of ether oxygens (including phenoxy) is 1. The van der Waals surface area contributed by atoms with Gasteiger partial charge < -0.3 is 14.5 Å². The number of carbonyl (C=O) groups is 2. The van der Waals surface area contributed by atoms with E-state index >= 15 is 0 Å². The number of halogens is 1. The topological polar surface area (TPSA) is 62.7 Å². The van der Waals surface area contributed by atoms with Crippen molar-refractivity contribution in [2.45, 2.75) is 6.04 Å². The molecule has 6 nitrogen and oxygen atoms in total. The summed E-state index contributed by atoms with van der Waals surface area (Å²) in [6.45, 7) is 1.55. The van der Waals surface area contributed by atoms with Crippen molar-refractivity contribution in [1.29, 1.82) is 0 Å². The summed E-state index contributed by atoms with van der Waals surface area (Å²) in [6, 6.07) is 6.99. The summed E-state index contributed by atoms with van der Waals surface area (Å²) in [4.78, 5) is 33.5. The van der Waals surface area contributed by atoms with Gasteiger partial charge in [-0.3, -0.25) is 14.6 Å². The minimum Gasteiger partial charge on any atom is -0.378 e. The van der Waals surface area contributed by atoms with Gasteiger partial charge in [-0.25, -0.2) is 0 Å². The van der Waals surface area contributed by atoms with Gasteiger partial charge in [0.1, 0.15) is 0 Å². The lowest BCUT2D eigenvalue weighted by Gasteiger charge is -2.29. The molecular formula is C18H18ClN3O3. The highest BCUT2D eigenvalue weighted by molar-refractivity contribution is 6.35. The second-order valence-corrected chi connectivity index (χ2v) is 6.95. The van der Waals surface area contributed by atoms with Crippen LogP contribution in [0.15, 0.2) is 30.5 Å². The molecule has 2 fully saturated rings. The molecule has 7 heteroatoms. The number of hydrogen-bond acceptors (Lipinski definition) is 4. The number of benzene rings is 1. The SMILES string of the molecule is CN1C(=O)[C@H]2COC[C@@H]1CN(C(=O)c1c(Cl)ccc3ncccc13)C2. The Balaban J connectivity index is 1.75. The highest BCUT2D eigenvalue weighted by Gasteiger charge is 2.39. The maximum atomic E-state index is 13.3. The highest BCUT2D eigenvalue weighted by atomic mass is 35.5. The summed E-state index contributed by atoms with van der Waals surface area (Å²) in [5, 5.41) is 1.13. The molecule has 3 heterocycles. The number of aromatic nitrogens is 1. The molecule has 130 valence electrons. The fourth-order valence-electron chi connectivity index (χ4n) is 3.57. The minimum absolute atomic E-state index is 0.0310. The molecule has 2 atom stereocenters. The van der Waals surface area contributed by atoms with Crippen molar-refractivity contribution in [2.24, 2.45) is 5.92 Å². The second-order valence-electron chi connectivity index (χ2n) is 6.54. The van der Waals surface area contributed by atoms with Crippen molar-refractivity contribution in [3.63, 3.8) is 0 Å². The maximum absolute atomic E-state index is 13.3. The van der Waals surface area contributed by atoms with E-state index in [2.05, 4.69) is 4.98 Å². The van der Waals surface area contributed by atoms with Crippen LogP contribution >= 0.6 is 11.6 Å². The monoisotopic (exact) mass is 359 g/mol. The number of fused-ring (bicyclic) bond motifs is 4. The van der Waals surface area contributed by atoms with E-state index in [9.17, 15) is 9.59 Å². The van der Waals surface area contributed by atoms with Crippen molar-refractivity contribution >= 4 is 34.3 Å². The first-order valence-electron chi connectivity index (χ1n) is 8.23. The molecule has 0 saturated carbocycles. The van der Waals surface area contributed by atoms with E-state index in [1.807, 2.05) is 6.07 Å². The predicted molar refractivity (Wildman–Crippen MR) is 93.5 cm³/mol. The number of carbonyl (C=O) groups excluding carboxylic acids is 2. The van der Waals surface area contributed by atoms with Crippen molar-refractivity contribution in [1.82, 2.24) is 14.8 Å². The van der Waals surface area contributed by atoms with Gasteiger partial charge in [0.2, 0.25) is 5.91 Å². The zero-order chi connectivity index (χ0) is 17.6. The van der Waals surface area contributed by atoms with Crippen molar-refractivity contribution in [2.75, 3.05) is 33.4 Å². The Morgan fingerprint density at radius 2 is 2.12 bits per heavy atom. The lowest BCUT2D eigenvalue weighted by Crippen LogP contribution is -2.45. The van der Waals surface area contributed by atoms with Crippen LogP contribution in [0.4, 0.5) is 0 Å². The van der Waals surface area contributed by atoms with E-state index < -0.39 is 0 Å². The summed E-state index contributed by atoms with van der Waals surface area (Å²) in [5.74, 6) is -0.472. The lowest BCUT2D eigenvalue weighted by molar-refractivity contribution is -0.133. The van der Waals surface area contributed by atoms with Gasteiger partial charge in [0.25, 0.3) is 5.91 Å². The number of rotatable bonds is 1.